The van der Waals surface area contributed by atoms with Gasteiger partial charge in [-0.2, -0.15) is 0 Å². The molecule has 1 aliphatic heterocycles. The minimum atomic E-state index is 0.222. The van der Waals surface area contributed by atoms with Gasteiger partial charge in [0.25, 0.3) is 0 Å². The van der Waals surface area contributed by atoms with E-state index in [4.69, 9.17) is 6.42 Å². The normalized spacial score (nSPS) is 26.5. The second kappa shape index (κ2) is 5.01. The number of piperazine rings is 1. The predicted octanol–water partition coefficient (Wildman–Crippen LogP) is 1.72. The zero-order valence-electron chi connectivity index (χ0n) is 10.5. The molecule has 2 nitrogen and oxygen atoms in total. The van der Waals surface area contributed by atoms with Crippen LogP contribution in [0.25, 0.3) is 0 Å². The SMILES string of the molecule is C#CCCN1CC(C)(C)NCC1C(C)C. The monoisotopic (exact) mass is 208 g/mol. The van der Waals surface area contributed by atoms with Crippen molar-refractivity contribution >= 4 is 0 Å². The van der Waals surface area contributed by atoms with Crippen LogP contribution in [-0.4, -0.2) is 36.1 Å². The molecule has 1 aliphatic rings. The lowest BCUT2D eigenvalue weighted by Crippen LogP contribution is -2.62. The summed E-state index contributed by atoms with van der Waals surface area (Å²) in [4.78, 5) is 2.54. The minimum absolute atomic E-state index is 0.222. The van der Waals surface area contributed by atoms with Crippen LogP contribution in [0.4, 0.5) is 0 Å². The van der Waals surface area contributed by atoms with Crippen LogP contribution in [0, 0.1) is 18.3 Å². The first-order valence-corrected chi connectivity index (χ1v) is 5.89. The third kappa shape index (κ3) is 3.52. The van der Waals surface area contributed by atoms with Crippen LogP contribution in [0.5, 0.6) is 0 Å². The van der Waals surface area contributed by atoms with E-state index in [2.05, 4.69) is 43.8 Å². The lowest BCUT2D eigenvalue weighted by Gasteiger charge is -2.46. The zero-order valence-corrected chi connectivity index (χ0v) is 10.5. The van der Waals surface area contributed by atoms with E-state index in [1.165, 1.54) is 0 Å². The maximum Gasteiger partial charge on any atom is 0.0252 e. The second-order valence-electron chi connectivity index (χ2n) is 5.50. The van der Waals surface area contributed by atoms with Gasteiger partial charge in [-0.15, -0.1) is 12.3 Å². The summed E-state index contributed by atoms with van der Waals surface area (Å²) in [5.41, 5.74) is 0.222. The summed E-state index contributed by atoms with van der Waals surface area (Å²) in [6.45, 7) is 12.3. The van der Waals surface area contributed by atoms with Crippen molar-refractivity contribution in [2.75, 3.05) is 19.6 Å². The third-order valence-corrected chi connectivity index (χ3v) is 3.17. The van der Waals surface area contributed by atoms with E-state index in [1.807, 2.05) is 0 Å². The third-order valence-electron chi connectivity index (χ3n) is 3.17. The van der Waals surface area contributed by atoms with E-state index in [-0.39, 0.29) is 5.54 Å². The van der Waals surface area contributed by atoms with Crippen LogP contribution in [0.1, 0.15) is 34.1 Å². The van der Waals surface area contributed by atoms with Gasteiger partial charge in [-0.25, -0.2) is 0 Å². The molecule has 1 atom stereocenters. The van der Waals surface area contributed by atoms with E-state index in [0.29, 0.717) is 12.0 Å². The van der Waals surface area contributed by atoms with Crippen molar-refractivity contribution in [3.63, 3.8) is 0 Å². The molecule has 0 radical (unpaired) electrons. The van der Waals surface area contributed by atoms with Crippen LogP contribution in [0.3, 0.4) is 0 Å². The van der Waals surface area contributed by atoms with Crippen molar-refractivity contribution < 1.29 is 0 Å². The largest absolute Gasteiger partial charge is 0.309 e. The summed E-state index contributed by atoms with van der Waals surface area (Å²) in [7, 11) is 0. The molecule has 0 saturated carbocycles. The fourth-order valence-corrected chi connectivity index (χ4v) is 2.30. The molecule has 1 heterocycles. The highest BCUT2D eigenvalue weighted by atomic mass is 15.2. The molecule has 15 heavy (non-hydrogen) atoms. The highest BCUT2D eigenvalue weighted by molar-refractivity contribution is 4.95. The summed E-state index contributed by atoms with van der Waals surface area (Å²) < 4.78 is 0. The Morgan fingerprint density at radius 2 is 2.20 bits per heavy atom. The average Bonchev–Trinajstić information content (AvgIpc) is 2.12. The van der Waals surface area contributed by atoms with Crippen LogP contribution in [0.2, 0.25) is 0 Å². The van der Waals surface area contributed by atoms with E-state index in [9.17, 15) is 0 Å². The van der Waals surface area contributed by atoms with Gasteiger partial charge in [0.15, 0.2) is 0 Å². The fraction of sp³-hybridized carbons (Fsp3) is 0.846. The molecule has 1 saturated heterocycles. The van der Waals surface area contributed by atoms with Crippen LogP contribution in [0.15, 0.2) is 0 Å². The van der Waals surface area contributed by atoms with Gasteiger partial charge in [0.2, 0.25) is 0 Å². The Bertz CT molecular complexity index is 237. The molecule has 0 amide bonds. The Balaban J connectivity index is 2.61. The topological polar surface area (TPSA) is 15.3 Å². The fourth-order valence-electron chi connectivity index (χ4n) is 2.30. The molecule has 0 aromatic carbocycles. The van der Waals surface area contributed by atoms with Gasteiger partial charge in [-0.05, 0) is 19.8 Å². The van der Waals surface area contributed by atoms with Gasteiger partial charge < -0.3 is 5.32 Å². The molecule has 0 bridgehead atoms. The summed E-state index contributed by atoms with van der Waals surface area (Å²) in [5, 5.41) is 3.60. The number of hydrogen-bond acceptors (Lipinski definition) is 2. The van der Waals surface area contributed by atoms with E-state index in [0.717, 1.165) is 26.1 Å². The molecule has 1 rings (SSSR count). The quantitative estimate of drug-likeness (QED) is 0.710. The Labute approximate surface area is 94.4 Å². The van der Waals surface area contributed by atoms with Crippen molar-refractivity contribution in [2.24, 2.45) is 5.92 Å². The molecule has 1 fully saturated rings. The van der Waals surface area contributed by atoms with Gasteiger partial charge in [-0.1, -0.05) is 13.8 Å². The van der Waals surface area contributed by atoms with Crippen molar-refractivity contribution in [3.8, 4) is 12.3 Å². The summed E-state index contributed by atoms with van der Waals surface area (Å²) in [6.07, 6.45) is 6.20. The van der Waals surface area contributed by atoms with Gasteiger partial charge in [-0.3, -0.25) is 4.90 Å². The number of nitrogens with one attached hydrogen (secondary N) is 1. The van der Waals surface area contributed by atoms with E-state index < -0.39 is 0 Å². The standard InChI is InChI=1S/C13H24N2/c1-6-7-8-15-10-13(4,5)14-9-12(15)11(2)3/h1,11-12,14H,7-10H2,2-5H3. The number of hydrogen-bond donors (Lipinski definition) is 1. The molecule has 0 aromatic heterocycles. The van der Waals surface area contributed by atoms with Gasteiger partial charge in [0, 0.05) is 37.6 Å². The zero-order chi connectivity index (χ0) is 11.5. The molecular weight excluding hydrogens is 184 g/mol. The van der Waals surface area contributed by atoms with E-state index in [1.54, 1.807) is 0 Å². The highest BCUT2D eigenvalue weighted by Gasteiger charge is 2.33. The maximum absolute atomic E-state index is 5.34. The second-order valence-corrected chi connectivity index (χ2v) is 5.50. The molecule has 86 valence electrons. The summed E-state index contributed by atoms with van der Waals surface area (Å²) in [6, 6.07) is 0.631. The first kappa shape index (κ1) is 12.5. The lowest BCUT2D eigenvalue weighted by atomic mass is 9.93. The molecule has 2 heteroatoms. The molecule has 0 aliphatic carbocycles. The minimum Gasteiger partial charge on any atom is -0.309 e. The van der Waals surface area contributed by atoms with Gasteiger partial charge in [0.05, 0.1) is 0 Å². The van der Waals surface area contributed by atoms with Crippen LogP contribution in [-0.2, 0) is 0 Å². The molecule has 1 N–H and O–H groups in total. The number of terminal acetylenes is 1. The van der Waals surface area contributed by atoms with Crippen molar-refractivity contribution in [2.45, 2.75) is 45.7 Å². The summed E-state index contributed by atoms with van der Waals surface area (Å²) in [5.74, 6) is 3.43. The van der Waals surface area contributed by atoms with Crippen LogP contribution >= 0.6 is 0 Å². The maximum atomic E-state index is 5.34. The Kier molecular flexibility index (Phi) is 4.19. The summed E-state index contributed by atoms with van der Waals surface area (Å²) >= 11 is 0. The van der Waals surface area contributed by atoms with Crippen molar-refractivity contribution in [3.05, 3.63) is 0 Å². The Morgan fingerprint density at radius 3 is 2.73 bits per heavy atom. The smallest absolute Gasteiger partial charge is 0.0252 e. The highest BCUT2D eigenvalue weighted by Crippen LogP contribution is 2.20. The van der Waals surface area contributed by atoms with Gasteiger partial charge in [0.1, 0.15) is 0 Å². The Hall–Kier alpha value is -0.520. The number of nitrogens with zero attached hydrogens (tertiary/aromatic N) is 1. The molecular formula is C13H24N2. The number of rotatable bonds is 3. The van der Waals surface area contributed by atoms with E-state index >= 15 is 0 Å². The molecule has 1 unspecified atom stereocenters. The first-order valence-electron chi connectivity index (χ1n) is 5.89. The van der Waals surface area contributed by atoms with Crippen molar-refractivity contribution in [1.82, 2.24) is 10.2 Å². The van der Waals surface area contributed by atoms with Gasteiger partial charge >= 0.3 is 0 Å². The lowest BCUT2D eigenvalue weighted by molar-refractivity contribution is 0.0716. The van der Waals surface area contributed by atoms with Crippen LogP contribution < -0.4 is 5.32 Å². The predicted molar refractivity (Wildman–Crippen MR) is 65.7 cm³/mol. The molecule has 0 aromatic rings. The molecule has 0 spiro atoms. The van der Waals surface area contributed by atoms with Crippen molar-refractivity contribution in [1.29, 1.82) is 0 Å². The average molecular weight is 208 g/mol. The Morgan fingerprint density at radius 1 is 1.53 bits per heavy atom. The first-order chi connectivity index (χ1) is 6.96.